The fourth-order valence-electron chi connectivity index (χ4n) is 1.95. The van der Waals surface area contributed by atoms with Gasteiger partial charge in [0.1, 0.15) is 34.7 Å². The van der Waals surface area contributed by atoms with E-state index in [1.807, 2.05) is 62.3 Å². The molecule has 0 saturated heterocycles. The van der Waals surface area contributed by atoms with Crippen molar-refractivity contribution in [2.75, 3.05) is 0 Å². The van der Waals surface area contributed by atoms with E-state index in [0.717, 1.165) is 0 Å². The number of carbonyl (C=O) groups excluding carboxylic acids is 6. The Morgan fingerprint density at radius 1 is 0.350 bits per heavy atom. The Hall–Kier alpha value is -1.47. The molecule has 0 bridgehead atoms. The smallest absolute Gasteiger partial charge is 0.331 e. The van der Waals surface area contributed by atoms with Gasteiger partial charge in [-0.3, -0.25) is 14.4 Å². The molecule has 0 radical (unpaired) electrons. The van der Waals surface area contributed by atoms with Crippen molar-refractivity contribution in [2.24, 2.45) is 32.5 Å². The summed E-state index contributed by atoms with van der Waals surface area (Å²) in [5.41, 5.74) is -3.24. The first-order valence-corrected chi connectivity index (χ1v) is 13.4. The molecule has 0 aliphatic rings. The Morgan fingerprint density at radius 3 is 0.550 bits per heavy atom. The molecule has 7 heteroatoms. The molecule has 0 aromatic heterocycles. The maximum atomic E-state index is 11.5. The molecule has 0 atom stereocenters. The summed E-state index contributed by atoms with van der Waals surface area (Å²) < 4.78 is 0. The van der Waals surface area contributed by atoms with Gasteiger partial charge in [0.2, 0.25) is 0 Å². The summed E-state index contributed by atoms with van der Waals surface area (Å²) in [6, 6.07) is 0. The number of ketones is 6. The Labute approximate surface area is 256 Å². The monoisotopic (exact) mass is 608 g/mol. The number of hydrogen-bond acceptors (Lipinski definition) is 6. The second-order valence-electron chi connectivity index (χ2n) is 15.5. The van der Waals surface area contributed by atoms with Gasteiger partial charge in [0.05, 0.1) is 19.3 Å². The second kappa shape index (κ2) is 16.2. The molecule has 0 N–H and O–H groups in total. The number of carbonyl (C=O) groups is 6. The minimum absolute atomic E-state index is 0. The molecule has 0 aromatic rings. The van der Waals surface area contributed by atoms with E-state index in [9.17, 15) is 28.8 Å². The zero-order valence-corrected chi connectivity index (χ0v) is 29.1. The van der Waals surface area contributed by atoms with E-state index in [4.69, 9.17) is 0 Å². The van der Waals surface area contributed by atoms with Gasteiger partial charge in [-0.2, -0.15) is 0 Å². The average molecular weight is 609 g/mol. The van der Waals surface area contributed by atoms with Gasteiger partial charge in [-0.15, -0.1) is 16.2 Å². The summed E-state index contributed by atoms with van der Waals surface area (Å²) >= 11 is 0. The number of rotatable bonds is 9. The van der Waals surface area contributed by atoms with E-state index in [1.54, 1.807) is 41.5 Å². The van der Waals surface area contributed by atoms with Crippen molar-refractivity contribution in [3.8, 4) is 0 Å². The minimum Gasteiger partial charge on any atom is -0.331 e. The predicted octanol–water partition coefficient (Wildman–Crippen LogP) is 7.26. The van der Waals surface area contributed by atoms with Crippen LogP contribution < -0.4 is 0 Å². The molecule has 0 aliphatic carbocycles. The summed E-state index contributed by atoms with van der Waals surface area (Å²) in [6.07, 6.45) is -0.000000000000000666. The van der Waals surface area contributed by atoms with Gasteiger partial charge in [-0.05, 0) is 0 Å². The van der Waals surface area contributed by atoms with Gasteiger partial charge >= 0.3 is 16.8 Å². The Balaban J connectivity index is -0.000000240. The van der Waals surface area contributed by atoms with Crippen molar-refractivity contribution in [3.05, 3.63) is 20.8 Å². The van der Waals surface area contributed by atoms with Crippen LogP contribution in [0.4, 0.5) is 0 Å². The van der Waals surface area contributed by atoms with Crippen LogP contribution in [-0.4, -0.2) is 34.7 Å². The first kappa shape index (κ1) is 45.5. The van der Waals surface area contributed by atoms with Gasteiger partial charge in [0, 0.05) is 16.2 Å². The SMILES string of the molecule is [CH2-]C(C)(C)C(=O)CC(=O)C(C)(C)C.[CH2-]C(C)(C)C(=O)CC(=O)C(C)(C)C.[CH2-]C(C)(C)C(=O)CC(=O)C(C)(C)C.[Co+3]. The third-order valence-corrected chi connectivity index (χ3v) is 5.74. The van der Waals surface area contributed by atoms with Crippen LogP contribution in [0, 0.1) is 53.3 Å². The van der Waals surface area contributed by atoms with Gasteiger partial charge in [-0.1, -0.05) is 104 Å². The topological polar surface area (TPSA) is 102 Å². The minimum atomic E-state index is -0.652. The van der Waals surface area contributed by atoms with Crippen LogP contribution in [-0.2, 0) is 45.5 Å². The van der Waals surface area contributed by atoms with Gasteiger partial charge in [0.15, 0.2) is 0 Å². The fourth-order valence-corrected chi connectivity index (χ4v) is 1.95. The van der Waals surface area contributed by atoms with Crippen molar-refractivity contribution in [1.82, 2.24) is 0 Å². The van der Waals surface area contributed by atoms with E-state index >= 15 is 0 Å². The third kappa shape index (κ3) is 21.3. The molecule has 234 valence electrons. The maximum Gasteiger partial charge on any atom is 3.00 e. The summed E-state index contributed by atoms with van der Waals surface area (Å²) in [6.45, 7) is 37.8. The molecular weight excluding hydrogens is 551 g/mol. The normalized spacial score (nSPS) is 12.4. The quantitative estimate of drug-likeness (QED) is 0.202. The molecule has 0 aliphatic heterocycles. The summed E-state index contributed by atoms with van der Waals surface area (Å²) in [7, 11) is 0. The van der Waals surface area contributed by atoms with Crippen molar-refractivity contribution >= 4 is 34.7 Å². The Kier molecular flexibility index (Phi) is 18.5. The number of hydrogen-bond donors (Lipinski definition) is 0. The van der Waals surface area contributed by atoms with Gasteiger partial charge in [0.25, 0.3) is 0 Å². The fraction of sp³-hybridized carbons (Fsp3) is 0.727. The molecule has 6 nitrogen and oxygen atoms in total. The summed E-state index contributed by atoms with van der Waals surface area (Å²) in [5.74, 6) is -0.329. The van der Waals surface area contributed by atoms with Crippen LogP contribution in [0.5, 0.6) is 0 Å². The van der Waals surface area contributed by atoms with Gasteiger partial charge < -0.3 is 35.2 Å². The Morgan fingerprint density at radius 2 is 0.475 bits per heavy atom. The molecule has 0 fully saturated rings. The maximum absolute atomic E-state index is 11.5. The summed E-state index contributed by atoms with van der Waals surface area (Å²) in [4.78, 5) is 68.7. The molecule has 40 heavy (non-hydrogen) atoms. The molecule has 0 rings (SSSR count). The van der Waals surface area contributed by atoms with E-state index in [1.165, 1.54) is 0 Å². The molecular formula is C33H57CoO6. The van der Waals surface area contributed by atoms with E-state index in [0.29, 0.717) is 0 Å². The molecule has 0 spiro atoms. The summed E-state index contributed by atoms with van der Waals surface area (Å²) in [5, 5.41) is 0. The second-order valence-corrected chi connectivity index (χ2v) is 15.5. The van der Waals surface area contributed by atoms with Crippen LogP contribution in [0.2, 0.25) is 0 Å². The molecule has 0 heterocycles. The van der Waals surface area contributed by atoms with E-state index in [-0.39, 0.29) is 70.7 Å². The van der Waals surface area contributed by atoms with Crippen LogP contribution in [0.25, 0.3) is 0 Å². The average Bonchev–Trinajstić information content (AvgIpc) is 2.64. The third-order valence-electron chi connectivity index (χ3n) is 5.74. The molecule has 0 aromatic carbocycles. The van der Waals surface area contributed by atoms with Crippen LogP contribution in [0.3, 0.4) is 0 Å². The van der Waals surface area contributed by atoms with Crippen LogP contribution in [0.15, 0.2) is 0 Å². The molecule has 0 saturated carbocycles. The zero-order chi connectivity index (χ0) is 32.6. The van der Waals surface area contributed by atoms with Crippen LogP contribution >= 0.6 is 0 Å². The van der Waals surface area contributed by atoms with Crippen molar-refractivity contribution < 1.29 is 45.5 Å². The van der Waals surface area contributed by atoms with Crippen molar-refractivity contribution in [3.63, 3.8) is 0 Å². The zero-order valence-electron chi connectivity index (χ0n) is 28.0. The van der Waals surface area contributed by atoms with Crippen molar-refractivity contribution in [2.45, 2.75) is 123 Å². The first-order chi connectivity index (χ1) is 16.6. The predicted molar refractivity (Wildman–Crippen MR) is 160 cm³/mol. The van der Waals surface area contributed by atoms with E-state index < -0.39 is 32.5 Å². The molecule has 0 amide bonds. The van der Waals surface area contributed by atoms with Gasteiger partial charge in [-0.25, -0.2) is 0 Å². The molecule has 0 unspecified atom stereocenters. The first-order valence-electron chi connectivity index (χ1n) is 13.4. The van der Waals surface area contributed by atoms with E-state index in [2.05, 4.69) is 20.8 Å². The Bertz CT molecular complexity index is 693. The number of Topliss-reactive ketones (excluding diaryl/α,β-unsaturated/α-hetero) is 6. The largest absolute Gasteiger partial charge is 3.00 e. The standard InChI is InChI=1S/3C11H19O2.Co/c3*1-10(2,3)8(12)7-9(13)11(4,5)6;/h3*1,7H2,2-6H3;/q3*-1;+3. The van der Waals surface area contributed by atoms with Crippen molar-refractivity contribution in [1.29, 1.82) is 0 Å². The van der Waals surface area contributed by atoms with Crippen LogP contribution in [0.1, 0.15) is 123 Å².